The smallest absolute Gasteiger partial charge is 0.291 e. The molecule has 1 aliphatic heterocycles. The Balaban J connectivity index is 1.79. The Morgan fingerprint density at radius 3 is 1.73 bits per heavy atom. The largest absolute Gasteiger partial charge is 0.336 e. The molecule has 26 heavy (non-hydrogen) atoms. The highest BCUT2D eigenvalue weighted by Gasteiger charge is 2.22. The number of aromatic nitrogens is 2. The molecule has 4 nitrogen and oxygen atoms in total. The van der Waals surface area contributed by atoms with Gasteiger partial charge in [-0.2, -0.15) is 0 Å². The van der Waals surface area contributed by atoms with E-state index in [0.717, 1.165) is 48.4 Å². The van der Waals surface area contributed by atoms with Crippen LogP contribution in [0.1, 0.15) is 29.9 Å². The van der Waals surface area contributed by atoms with Gasteiger partial charge in [-0.05, 0) is 25.3 Å². The van der Waals surface area contributed by atoms with E-state index in [4.69, 9.17) is 0 Å². The third kappa shape index (κ3) is 3.49. The molecule has 3 aromatic rings. The fraction of sp³-hybridized carbons (Fsp3) is 0.227. The van der Waals surface area contributed by atoms with Crippen LogP contribution in [0.4, 0.5) is 0 Å². The first-order valence-corrected chi connectivity index (χ1v) is 9.10. The maximum Gasteiger partial charge on any atom is 0.291 e. The van der Waals surface area contributed by atoms with Gasteiger partial charge in [0.15, 0.2) is 0 Å². The molecule has 1 fully saturated rings. The molecule has 0 unspecified atom stereocenters. The summed E-state index contributed by atoms with van der Waals surface area (Å²) in [7, 11) is 0. The van der Waals surface area contributed by atoms with Gasteiger partial charge >= 0.3 is 0 Å². The van der Waals surface area contributed by atoms with E-state index < -0.39 is 0 Å². The molecular formula is C22H21N3O. The van der Waals surface area contributed by atoms with Crippen molar-refractivity contribution in [2.24, 2.45) is 0 Å². The molecule has 0 aliphatic carbocycles. The van der Waals surface area contributed by atoms with Gasteiger partial charge in [0.25, 0.3) is 5.91 Å². The Morgan fingerprint density at radius 1 is 0.731 bits per heavy atom. The van der Waals surface area contributed by atoms with E-state index >= 15 is 0 Å². The molecule has 4 heteroatoms. The van der Waals surface area contributed by atoms with Crippen molar-refractivity contribution in [2.75, 3.05) is 13.1 Å². The molecule has 2 heterocycles. The van der Waals surface area contributed by atoms with Crippen LogP contribution in [-0.4, -0.2) is 33.9 Å². The lowest BCUT2D eigenvalue weighted by Gasteiger charge is -2.26. The lowest BCUT2D eigenvalue weighted by molar-refractivity contribution is 0.0712. The number of likely N-dealkylation sites (tertiary alicyclic amines) is 1. The van der Waals surface area contributed by atoms with Crippen LogP contribution in [0.15, 0.2) is 66.7 Å². The van der Waals surface area contributed by atoms with Gasteiger partial charge in [0.05, 0.1) is 11.4 Å². The van der Waals surface area contributed by atoms with E-state index in [9.17, 15) is 4.79 Å². The predicted octanol–water partition coefficient (Wildman–Crippen LogP) is 4.44. The summed E-state index contributed by atoms with van der Waals surface area (Å²) in [6.45, 7) is 1.58. The average molecular weight is 343 g/mol. The Morgan fingerprint density at radius 2 is 1.23 bits per heavy atom. The highest BCUT2D eigenvalue weighted by molar-refractivity contribution is 5.92. The first kappa shape index (κ1) is 16.5. The van der Waals surface area contributed by atoms with Gasteiger partial charge in [-0.1, -0.05) is 60.7 Å². The molecule has 0 spiro atoms. The molecule has 0 radical (unpaired) electrons. The van der Waals surface area contributed by atoms with Crippen molar-refractivity contribution in [3.63, 3.8) is 0 Å². The molecule has 1 aliphatic rings. The van der Waals surface area contributed by atoms with Gasteiger partial charge in [-0.25, -0.2) is 9.97 Å². The zero-order valence-electron chi connectivity index (χ0n) is 14.6. The maximum absolute atomic E-state index is 13.0. The lowest BCUT2D eigenvalue weighted by atomic mass is 10.1. The van der Waals surface area contributed by atoms with Crippen molar-refractivity contribution in [2.45, 2.75) is 19.3 Å². The second-order valence-electron chi connectivity index (χ2n) is 6.55. The van der Waals surface area contributed by atoms with Crippen LogP contribution in [-0.2, 0) is 0 Å². The van der Waals surface area contributed by atoms with Crippen molar-refractivity contribution >= 4 is 5.91 Å². The summed E-state index contributed by atoms with van der Waals surface area (Å²) in [5.41, 5.74) is 3.53. The minimum atomic E-state index is -0.0698. The molecule has 1 aromatic heterocycles. The molecule has 4 rings (SSSR count). The topological polar surface area (TPSA) is 46.1 Å². The highest BCUT2D eigenvalue weighted by Crippen LogP contribution is 2.24. The van der Waals surface area contributed by atoms with Crippen LogP contribution in [0.2, 0.25) is 0 Å². The third-order valence-electron chi connectivity index (χ3n) is 4.70. The van der Waals surface area contributed by atoms with Crippen LogP contribution in [0.5, 0.6) is 0 Å². The lowest BCUT2D eigenvalue weighted by Crippen LogP contribution is -2.36. The predicted molar refractivity (Wildman–Crippen MR) is 103 cm³/mol. The number of carbonyl (C=O) groups excluding carboxylic acids is 1. The quantitative estimate of drug-likeness (QED) is 0.706. The molecular weight excluding hydrogens is 322 g/mol. The second-order valence-corrected chi connectivity index (χ2v) is 6.55. The van der Waals surface area contributed by atoms with Crippen LogP contribution in [0.3, 0.4) is 0 Å². The zero-order valence-corrected chi connectivity index (χ0v) is 14.6. The first-order chi connectivity index (χ1) is 12.8. The Hall–Kier alpha value is -3.01. The summed E-state index contributed by atoms with van der Waals surface area (Å²) in [6, 6.07) is 21.8. The SMILES string of the molecule is O=C(c1nc(-c2ccccc2)cc(-c2ccccc2)n1)N1CCCCC1. The van der Waals surface area contributed by atoms with Crippen LogP contribution >= 0.6 is 0 Å². The molecule has 0 N–H and O–H groups in total. The number of nitrogens with zero attached hydrogens (tertiary/aromatic N) is 3. The highest BCUT2D eigenvalue weighted by atomic mass is 16.2. The third-order valence-corrected chi connectivity index (χ3v) is 4.70. The number of amides is 1. The Kier molecular flexibility index (Phi) is 4.73. The van der Waals surface area contributed by atoms with E-state index in [1.54, 1.807) is 0 Å². The first-order valence-electron chi connectivity index (χ1n) is 9.10. The number of hydrogen-bond donors (Lipinski definition) is 0. The summed E-state index contributed by atoms with van der Waals surface area (Å²) in [6.07, 6.45) is 3.29. The van der Waals surface area contributed by atoms with Gasteiger partial charge in [0.2, 0.25) is 5.82 Å². The van der Waals surface area contributed by atoms with Gasteiger partial charge in [0, 0.05) is 24.2 Å². The van der Waals surface area contributed by atoms with Gasteiger partial charge in [-0.3, -0.25) is 4.79 Å². The fourth-order valence-corrected chi connectivity index (χ4v) is 3.29. The fourth-order valence-electron chi connectivity index (χ4n) is 3.29. The normalized spacial score (nSPS) is 14.2. The summed E-state index contributed by atoms with van der Waals surface area (Å²) in [5, 5.41) is 0. The van der Waals surface area contributed by atoms with Crippen molar-refractivity contribution in [1.82, 2.24) is 14.9 Å². The monoisotopic (exact) mass is 343 g/mol. The zero-order chi connectivity index (χ0) is 17.8. The average Bonchev–Trinajstić information content (AvgIpc) is 2.75. The van der Waals surface area contributed by atoms with Crippen molar-refractivity contribution in [1.29, 1.82) is 0 Å². The van der Waals surface area contributed by atoms with Crippen molar-refractivity contribution in [3.05, 3.63) is 72.6 Å². The van der Waals surface area contributed by atoms with Gasteiger partial charge in [0.1, 0.15) is 0 Å². The number of piperidine rings is 1. The van der Waals surface area contributed by atoms with Gasteiger partial charge < -0.3 is 4.90 Å². The molecule has 0 bridgehead atoms. The summed E-state index contributed by atoms with van der Waals surface area (Å²) in [4.78, 5) is 24.0. The van der Waals surface area contributed by atoms with E-state index in [2.05, 4.69) is 9.97 Å². The molecule has 1 amide bonds. The maximum atomic E-state index is 13.0. The number of carbonyl (C=O) groups is 1. The Bertz CT molecular complexity index is 830. The van der Waals surface area contributed by atoms with Crippen LogP contribution in [0.25, 0.3) is 22.5 Å². The number of rotatable bonds is 3. The molecule has 2 aromatic carbocycles. The number of benzene rings is 2. The summed E-state index contributed by atoms with van der Waals surface area (Å²) < 4.78 is 0. The van der Waals surface area contributed by atoms with Gasteiger partial charge in [-0.15, -0.1) is 0 Å². The van der Waals surface area contributed by atoms with E-state index in [-0.39, 0.29) is 11.7 Å². The summed E-state index contributed by atoms with van der Waals surface area (Å²) >= 11 is 0. The molecule has 0 atom stereocenters. The molecule has 1 saturated heterocycles. The molecule has 130 valence electrons. The molecule has 0 saturated carbocycles. The second kappa shape index (κ2) is 7.48. The van der Waals surface area contributed by atoms with Crippen LogP contribution in [0, 0.1) is 0 Å². The minimum Gasteiger partial charge on any atom is -0.336 e. The number of hydrogen-bond acceptors (Lipinski definition) is 3. The van der Waals surface area contributed by atoms with E-state index in [0.29, 0.717) is 0 Å². The van der Waals surface area contributed by atoms with E-state index in [1.807, 2.05) is 71.6 Å². The van der Waals surface area contributed by atoms with Crippen molar-refractivity contribution < 1.29 is 4.79 Å². The van der Waals surface area contributed by atoms with Crippen molar-refractivity contribution in [3.8, 4) is 22.5 Å². The standard InChI is InChI=1S/C22H21N3O/c26-22(25-14-8-3-9-15-25)21-23-19(17-10-4-1-5-11-17)16-20(24-21)18-12-6-2-7-13-18/h1-2,4-7,10-13,16H,3,8-9,14-15H2. The Labute approximate surface area is 153 Å². The van der Waals surface area contributed by atoms with Crippen LogP contribution < -0.4 is 0 Å². The minimum absolute atomic E-state index is 0.0698. The summed E-state index contributed by atoms with van der Waals surface area (Å²) in [5.74, 6) is 0.215. The van der Waals surface area contributed by atoms with E-state index in [1.165, 1.54) is 6.42 Å².